The van der Waals surface area contributed by atoms with Crippen LogP contribution in [0, 0.1) is 0 Å². The van der Waals surface area contributed by atoms with Gasteiger partial charge in [0, 0.05) is 39.1 Å². The van der Waals surface area contributed by atoms with Crippen LogP contribution in [0.5, 0.6) is 0 Å². The molecule has 0 radical (unpaired) electrons. The molecule has 2 amide bonds. The molecule has 1 aliphatic rings. The van der Waals surface area contributed by atoms with Crippen LogP contribution in [0.3, 0.4) is 0 Å². The zero-order valence-electron chi connectivity index (χ0n) is 20.5. The van der Waals surface area contributed by atoms with Crippen LogP contribution in [0.1, 0.15) is 29.8 Å². The summed E-state index contributed by atoms with van der Waals surface area (Å²) in [5.41, 5.74) is 1.17. The molecule has 1 saturated heterocycles. The fraction of sp³-hybridized carbons (Fsp3) is 0.280. The zero-order chi connectivity index (χ0) is 25.9. The Kier molecular flexibility index (Phi) is 6.54. The molecule has 4 aromatic heterocycles. The molecule has 0 aromatic carbocycles. The van der Waals surface area contributed by atoms with Gasteiger partial charge in [-0.1, -0.05) is 6.07 Å². The predicted molar refractivity (Wildman–Crippen MR) is 138 cm³/mol. The molecule has 1 aliphatic heterocycles. The molecule has 5 rings (SSSR count). The van der Waals surface area contributed by atoms with E-state index in [1.54, 1.807) is 67.8 Å². The molecule has 0 aliphatic carbocycles. The summed E-state index contributed by atoms with van der Waals surface area (Å²) >= 11 is 0. The van der Waals surface area contributed by atoms with E-state index in [2.05, 4.69) is 31.0 Å². The summed E-state index contributed by atoms with van der Waals surface area (Å²) in [4.78, 5) is 49.2. The Hall–Kier alpha value is -4.74. The van der Waals surface area contributed by atoms with Crippen molar-refractivity contribution in [2.24, 2.45) is 0 Å². The molecule has 0 saturated carbocycles. The third kappa shape index (κ3) is 4.73. The van der Waals surface area contributed by atoms with Crippen LogP contribution in [0.15, 0.2) is 59.8 Å². The number of rotatable bonds is 6. The number of imidazole rings is 1. The van der Waals surface area contributed by atoms with E-state index in [1.807, 2.05) is 0 Å². The minimum absolute atomic E-state index is 0.112. The molecule has 0 unspecified atom stereocenters. The molecule has 4 aromatic rings. The van der Waals surface area contributed by atoms with Crippen LogP contribution < -0.4 is 21.5 Å². The van der Waals surface area contributed by atoms with Crippen LogP contribution in [-0.4, -0.2) is 67.5 Å². The number of carbonyl (C=O) groups excluding carboxylic acids is 2. The van der Waals surface area contributed by atoms with Gasteiger partial charge in [-0.25, -0.2) is 14.5 Å². The fourth-order valence-electron chi connectivity index (χ4n) is 4.34. The fourth-order valence-corrected chi connectivity index (χ4v) is 4.34. The van der Waals surface area contributed by atoms with Gasteiger partial charge in [0.05, 0.1) is 11.9 Å². The van der Waals surface area contributed by atoms with Gasteiger partial charge in [-0.3, -0.25) is 19.0 Å². The van der Waals surface area contributed by atoms with Crippen LogP contribution in [-0.2, 0) is 4.79 Å². The molecule has 190 valence electrons. The number of hydrogen-bond donors (Lipinski definition) is 3. The SMILES string of the molecule is CNc1cc(Nc2cccn(-c3ccccn3)c2=O)nn2c(C(=O)N[C@@H]3CCCCN(C)C3=O)cnc12. The monoisotopic (exact) mass is 501 g/mol. The number of nitrogens with one attached hydrogen (secondary N) is 3. The first-order chi connectivity index (χ1) is 18.0. The second kappa shape index (κ2) is 10.1. The topological polar surface area (TPSA) is 139 Å². The molecular formula is C25H27N9O3. The third-order valence-corrected chi connectivity index (χ3v) is 6.29. The third-order valence-electron chi connectivity index (χ3n) is 6.29. The summed E-state index contributed by atoms with van der Waals surface area (Å²) < 4.78 is 2.82. The Bertz CT molecular complexity index is 1510. The second-order valence-corrected chi connectivity index (χ2v) is 8.76. The molecule has 12 nitrogen and oxygen atoms in total. The standard InChI is InChI=1S/C25H27N9O3/c1-26-18-14-20(29-17-9-7-13-33(25(17)37)21-10-3-5-11-27-21)31-34-19(15-28-22(18)34)23(35)30-16-8-4-6-12-32(2)24(16)36/h3,5,7,9-11,13-16,26H,4,6,8,12H2,1-2H3,(H,29,31)(H,30,35)/t16-/m1/s1. The predicted octanol–water partition coefficient (Wildman–Crippen LogP) is 1.80. The van der Waals surface area contributed by atoms with Crippen LogP contribution in [0.4, 0.5) is 17.2 Å². The summed E-state index contributed by atoms with van der Waals surface area (Å²) in [6, 6.07) is 9.78. The van der Waals surface area contributed by atoms with E-state index in [9.17, 15) is 14.4 Å². The van der Waals surface area contributed by atoms with Crippen molar-refractivity contribution < 1.29 is 9.59 Å². The first kappa shape index (κ1) is 24.0. The maximum absolute atomic E-state index is 13.2. The Labute approximate surface area is 212 Å². The van der Waals surface area contributed by atoms with E-state index in [4.69, 9.17) is 0 Å². The van der Waals surface area contributed by atoms with Gasteiger partial charge in [0.25, 0.3) is 11.5 Å². The summed E-state index contributed by atoms with van der Waals surface area (Å²) in [5, 5.41) is 13.5. The van der Waals surface area contributed by atoms with Gasteiger partial charge in [0.2, 0.25) is 5.91 Å². The molecule has 5 heterocycles. The van der Waals surface area contributed by atoms with Crippen molar-refractivity contribution in [2.45, 2.75) is 25.3 Å². The summed E-state index contributed by atoms with van der Waals surface area (Å²) in [5.74, 6) is 0.247. The number of carbonyl (C=O) groups is 2. The quantitative estimate of drug-likeness (QED) is 0.364. The van der Waals surface area contributed by atoms with Gasteiger partial charge < -0.3 is 20.9 Å². The lowest BCUT2D eigenvalue weighted by Gasteiger charge is -2.20. The number of hydrogen-bond acceptors (Lipinski definition) is 8. The minimum atomic E-state index is -0.606. The lowest BCUT2D eigenvalue weighted by molar-refractivity contribution is -0.131. The van der Waals surface area contributed by atoms with E-state index in [-0.39, 0.29) is 22.8 Å². The average molecular weight is 502 g/mol. The Morgan fingerprint density at radius 3 is 2.73 bits per heavy atom. The Morgan fingerprint density at radius 1 is 1.08 bits per heavy atom. The molecule has 1 fully saturated rings. The van der Waals surface area contributed by atoms with Crippen LogP contribution >= 0.6 is 0 Å². The highest BCUT2D eigenvalue weighted by Crippen LogP contribution is 2.22. The zero-order valence-corrected chi connectivity index (χ0v) is 20.5. The van der Waals surface area contributed by atoms with Crippen molar-refractivity contribution in [1.82, 2.24) is 34.4 Å². The Morgan fingerprint density at radius 2 is 1.95 bits per heavy atom. The smallest absolute Gasteiger partial charge is 0.279 e. The van der Waals surface area contributed by atoms with Crippen molar-refractivity contribution in [3.63, 3.8) is 0 Å². The lowest BCUT2D eigenvalue weighted by atomic mass is 10.1. The highest BCUT2D eigenvalue weighted by molar-refractivity contribution is 5.97. The molecule has 1 atom stereocenters. The lowest BCUT2D eigenvalue weighted by Crippen LogP contribution is -2.46. The number of nitrogens with zero attached hydrogens (tertiary/aromatic N) is 6. The number of fused-ring (bicyclic) bond motifs is 1. The molecular weight excluding hydrogens is 474 g/mol. The number of anilines is 3. The largest absolute Gasteiger partial charge is 0.385 e. The van der Waals surface area contributed by atoms with Crippen LogP contribution in [0.25, 0.3) is 11.5 Å². The van der Waals surface area contributed by atoms with Crippen molar-refractivity contribution in [3.05, 3.63) is 71.0 Å². The maximum Gasteiger partial charge on any atom is 0.279 e. The highest BCUT2D eigenvalue weighted by Gasteiger charge is 2.28. The number of likely N-dealkylation sites (tertiary alicyclic amines) is 1. The van der Waals surface area contributed by atoms with E-state index in [0.717, 1.165) is 12.8 Å². The summed E-state index contributed by atoms with van der Waals surface area (Å²) in [6.45, 7) is 0.671. The number of likely N-dealkylation sites (N-methyl/N-ethyl adjacent to an activating group) is 1. The first-order valence-electron chi connectivity index (χ1n) is 12.0. The molecule has 0 spiro atoms. The first-order valence-corrected chi connectivity index (χ1v) is 12.0. The number of pyridine rings is 2. The van der Waals surface area contributed by atoms with E-state index >= 15 is 0 Å². The summed E-state index contributed by atoms with van der Waals surface area (Å²) in [7, 11) is 3.47. The van der Waals surface area contributed by atoms with Crippen molar-refractivity contribution in [1.29, 1.82) is 0 Å². The highest BCUT2D eigenvalue weighted by atomic mass is 16.2. The van der Waals surface area contributed by atoms with Crippen molar-refractivity contribution in [3.8, 4) is 5.82 Å². The number of aromatic nitrogens is 5. The van der Waals surface area contributed by atoms with Gasteiger partial charge in [0.1, 0.15) is 17.5 Å². The normalized spacial score (nSPS) is 15.9. The van der Waals surface area contributed by atoms with Crippen LogP contribution in [0.2, 0.25) is 0 Å². The average Bonchev–Trinajstić information content (AvgIpc) is 3.28. The van der Waals surface area contributed by atoms with E-state index in [1.165, 1.54) is 15.3 Å². The van der Waals surface area contributed by atoms with Crippen molar-refractivity contribution in [2.75, 3.05) is 31.3 Å². The minimum Gasteiger partial charge on any atom is -0.385 e. The van der Waals surface area contributed by atoms with Gasteiger partial charge in [-0.2, -0.15) is 0 Å². The molecule has 37 heavy (non-hydrogen) atoms. The molecule has 12 heteroatoms. The number of amides is 2. The van der Waals surface area contributed by atoms with Gasteiger partial charge >= 0.3 is 0 Å². The van der Waals surface area contributed by atoms with E-state index in [0.29, 0.717) is 35.9 Å². The molecule has 3 N–H and O–H groups in total. The van der Waals surface area contributed by atoms with Crippen molar-refractivity contribution >= 4 is 34.7 Å². The summed E-state index contributed by atoms with van der Waals surface area (Å²) in [6.07, 6.45) is 6.98. The van der Waals surface area contributed by atoms with E-state index < -0.39 is 11.9 Å². The second-order valence-electron chi connectivity index (χ2n) is 8.76. The maximum atomic E-state index is 13.2. The molecule has 0 bridgehead atoms. The Balaban J connectivity index is 1.47. The van der Waals surface area contributed by atoms with Gasteiger partial charge in [-0.15, -0.1) is 5.10 Å². The van der Waals surface area contributed by atoms with Gasteiger partial charge in [0.15, 0.2) is 17.2 Å². The van der Waals surface area contributed by atoms with Gasteiger partial charge in [-0.05, 0) is 43.5 Å².